The minimum atomic E-state index is -0.168. The first-order valence-corrected chi connectivity index (χ1v) is 9.89. The number of benzene rings is 2. The van der Waals surface area contributed by atoms with Crippen molar-refractivity contribution < 1.29 is 19.0 Å². The van der Waals surface area contributed by atoms with Gasteiger partial charge in [0.2, 0.25) is 0 Å². The van der Waals surface area contributed by atoms with Crippen LogP contribution in [0.25, 0.3) is 0 Å². The molecule has 0 fully saturated rings. The zero-order chi connectivity index (χ0) is 21.8. The van der Waals surface area contributed by atoms with Crippen LogP contribution in [0.15, 0.2) is 47.5 Å². The van der Waals surface area contributed by atoms with Crippen LogP contribution in [0.2, 0.25) is 0 Å². The topological polar surface area (TPSA) is 93.2 Å². The molecule has 2 aromatic rings. The van der Waals surface area contributed by atoms with Crippen molar-refractivity contribution >= 4 is 17.6 Å². The van der Waals surface area contributed by atoms with Crippen molar-refractivity contribution in [3.8, 4) is 17.2 Å². The highest BCUT2D eigenvalue weighted by Gasteiger charge is 2.08. The molecule has 0 bridgehead atoms. The summed E-state index contributed by atoms with van der Waals surface area (Å²) >= 11 is 0. The van der Waals surface area contributed by atoms with Crippen molar-refractivity contribution in [1.29, 1.82) is 0 Å². The van der Waals surface area contributed by atoms with Gasteiger partial charge in [0.05, 0.1) is 27.4 Å². The number of methoxy groups -OCH3 is 2. The monoisotopic (exact) mass is 414 g/mol. The van der Waals surface area contributed by atoms with E-state index in [1.54, 1.807) is 38.5 Å². The van der Waals surface area contributed by atoms with Crippen molar-refractivity contribution in [2.24, 2.45) is 4.99 Å². The average molecular weight is 415 g/mol. The first kappa shape index (κ1) is 22.9. The van der Waals surface area contributed by atoms with Crippen LogP contribution in [0, 0.1) is 0 Å². The number of anilines is 1. The number of hydrogen-bond donors (Lipinski definition) is 3. The molecule has 2 rings (SSSR count). The molecule has 0 aliphatic rings. The van der Waals surface area contributed by atoms with Crippen LogP contribution >= 0.6 is 0 Å². The lowest BCUT2D eigenvalue weighted by Gasteiger charge is -2.14. The summed E-state index contributed by atoms with van der Waals surface area (Å²) in [4.78, 5) is 16.8. The summed E-state index contributed by atoms with van der Waals surface area (Å²) < 4.78 is 16.1. The number of ether oxygens (including phenoxy) is 3. The lowest BCUT2D eigenvalue weighted by Crippen LogP contribution is -2.32. The van der Waals surface area contributed by atoms with Gasteiger partial charge in [-0.3, -0.25) is 9.79 Å². The number of hydrogen-bond acceptors (Lipinski definition) is 5. The number of aliphatic imine (C=N–C) groups is 1. The second kappa shape index (κ2) is 12.2. The average Bonchev–Trinajstić information content (AvgIpc) is 2.77. The second-order valence-corrected chi connectivity index (χ2v) is 6.17. The molecular formula is C22H30N4O4. The van der Waals surface area contributed by atoms with Gasteiger partial charge in [-0.1, -0.05) is 6.07 Å². The maximum Gasteiger partial charge on any atom is 0.251 e. The summed E-state index contributed by atoms with van der Waals surface area (Å²) in [5.74, 6) is 2.42. The van der Waals surface area contributed by atoms with E-state index in [9.17, 15) is 4.79 Å². The number of carbonyl (C=O) groups is 1. The van der Waals surface area contributed by atoms with Gasteiger partial charge in [0, 0.05) is 30.4 Å². The highest BCUT2D eigenvalue weighted by molar-refractivity contribution is 5.95. The Morgan fingerprint density at radius 2 is 1.83 bits per heavy atom. The largest absolute Gasteiger partial charge is 0.497 e. The summed E-state index contributed by atoms with van der Waals surface area (Å²) in [6.45, 7) is 6.00. The Kier molecular flexibility index (Phi) is 9.30. The molecule has 8 heteroatoms. The smallest absolute Gasteiger partial charge is 0.251 e. The molecule has 0 aliphatic carbocycles. The number of rotatable bonds is 10. The van der Waals surface area contributed by atoms with Crippen LogP contribution in [0.5, 0.6) is 17.2 Å². The van der Waals surface area contributed by atoms with Gasteiger partial charge < -0.3 is 30.2 Å². The fourth-order valence-electron chi connectivity index (χ4n) is 2.67. The van der Waals surface area contributed by atoms with Crippen LogP contribution in [0.4, 0.5) is 5.69 Å². The Hall–Kier alpha value is -3.42. The minimum Gasteiger partial charge on any atom is -0.497 e. The molecule has 162 valence electrons. The van der Waals surface area contributed by atoms with Crippen LogP contribution in [0.3, 0.4) is 0 Å². The summed E-state index contributed by atoms with van der Waals surface area (Å²) in [5.41, 5.74) is 1.36. The van der Waals surface area contributed by atoms with Gasteiger partial charge in [-0.05, 0) is 44.2 Å². The second-order valence-electron chi connectivity index (χ2n) is 6.17. The zero-order valence-corrected chi connectivity index (χ0v) is 18.0. The number of nitrogens with one attached hydrogen (secondary N) is 3. The Bertz CT molecular complexity index is 855. The van der Waals surface area contributed by atoms with Gasteiger partial charge in [0.15, 0.2) is 17.5 Å². The molecule has 0 aromatic heterocycles. The minimum absolute atomic E-state index is 0.168. The summed E-state index contributed by atoms with van der Waals surface area (Å²) in [5, 5.41) is 9.27. The molecule has 0 saturated heterocycles. The first-order chi connectivity index (χ1) is 14.6. The van der Waals surface area contributed by atoms with E-state index in [1.807, 2.05) is 32.0 Å². The van der Waals surface area contributed by atoms with Gasteiger partial charge >= 0.3 is 0 Å². The fourth-order valence-corrected chi connectivity index (χ4v) is 2.67. The van der Waals surface area contributed by atoms with Crippen molar-refractivity contribution in [2.45, 2.75) is 13.8 Å². The number of carbonyl (C=O) groups excluding carboxylic acids is 1. The van der Waals surface area contributed by atoms with Crippen molar-refractivity contribution in [2.75, 3.05) is 45.8 Å². The molecule has 8 nitrogen and oxygen atoms in total. The molecule has 30 heavy (non-hydrogen) atoms. The molecule has 0 heterocycles. The SMILES string of the molecule is CCNC(=NCCNC(=O)c1cccc(OC)c1)Nc1ccc(OCC)c(OC)c1. The van der Waals surface area contributed by atoms with Gasteiger partial charge in [-0.2, -0.15) is 0 Å². The lowest BCUT2D eigenvalue weighted by molar-refractivity contribution is 0.0954. The molecule has 0 atom stereocenters. The van der Waals surface area contributed by atoms with Crippen LogP contribution < -0.4 is 30.2 Å². The molecule has 0 unspecified atom stereocenters. The number of nitrogens with zero attached hydrogens (tertiary/aromatic N) is 1. The molecule has 0 spiro atoms. The highest BCUT2D eigenvalue weighted by atomic mass is 16.5. The van der Waals surface area contributed by atoms with Gasteiger partial charge in [0.1, 0.15) is 5.75 Å². The molecule has 2 aromatic carbocycles. The molecule has 1 amide bonds. The number of guanidine groups is 1. The van der Waals surface area contributed by atoms with Crippen molar-refractivity contribution in [3.63, 3.8) is 0 Å². The fraction of sp³-hybridized carbons (Fsp3) is 0.364. The van der Waals surface area contributed by atoms with E-state index in [0.717, 1.165) is 5.69 Å². The van der Waals surface area contributed by atoms with Gasteiger partial charge in [-0.15, -0.1) is 0 Å². The van der Waals surface area contributed by atoms with E-state index < -0.39 is 0 Å². The first-order valence-electron chi connectivity index (χ1n) is 9.89. The maximum absolute atomic E-state index is 12.3. The zero-order valence-electron chi connectivity index (χ0n) is 18.0. The van der Waals surface area contributed by atoms with E-state index in [-0.39, 0.29) is 5.91 Å². The van der Waals surface area contributed by atoms with Gasteiger partial charge in [0.25, 0.3) is 5.91 Å². The summed E-state index contributed by atoms with van der Waals surface area (Å²) in [6, 6.07) is 12.6. The molecule has 0 aliphatic heterocycles. The van der Waals surface area contributed by atoms with Crippen LogP contribution in [-0.2, 0) is 0 Å². The Labute approximate surface area is 177 Å². The highest BCUT2D eigenvalue weighted by Crippen LogP contribution is 2.30. The number of amides is 1. The van der Waals surface area contributed by atoms with Crippen molar-refractivity contribution in [1.82, 2.24) is 10.6 Å². The Balaban J connectivity index is 1.94. The molecule has 3 N–H and O–H groups in total. The molecular weight excluding hydrogens is 384 g/mol. The third kappa shape index (κ3) is 6.88. The van der Waals surface area contributed by atoms with E-state index >= 15 is 0 Å². The predicted octanol–water partition coefficient (Wildman–Crippen LogP) is 2.91. The quantitative estimate of drug-likeness (QED) is 0.314. The normalized spacial score (nSPS) is 10.9. The maximum atomic E-state index is 12.3. The third-order valence-electron chi connectivity index (χ3n) is 4.07. The predicted molar refractivity (Wildman–Crippen MR) is 119 cm³/mol. The van der Waals surface area contributed by atoms with Crippen molar-refractivity contribution in [3.05, 3.63) is 48.0 Å². The Morgan fingerprint density at radius 3 is 2.53 bits per heavy atom. The van der Waals surface area contributed by atoms with E-state index in [1.165, 1.54) is 0 Å². The van der Waals surface area contributed by atoms with Gasteiger partial charge in [-0.25, -0.2) is 0 Å². The summed E-state index contributed by atoms with van der Waals surface area (Å²) in [6.07, 6.45) is 0. The molecule has 0 radical (unpaired) electrons. The molecule has 0 saturated carbocycles. The van der Waals surface area contributed by atoms with E-state index in [2.05, 4.69) is 20.9 Å². The lowest BCUT2D eigenvalue weighted by atomic mass is 10.2. The van der Waals surface area contributed by atoms with E-state index in [4.69, 9.17) is 14.2 Å². The third-order valence-corrected chi connectivity index (χ3v) is 4.07. The van der Waals surface area contributed by atoms with Crippen LogP contribution in [0.1, 0.15) is 24.2 Å². The summed E-state index contributed by atoms with van der Waals surface area (Å²) in [7, 11) is 3.17. The van der Waals surface area contributed by atoms with Crippen LogP contribution in [-0.4, -0.2) is 52.3 Å². The standard InChI is InChI=1S/C22H30N4O4/c1-5-23-22(26-17-10-11-19(30-6-2)20(15-17)29-4)25-13-12-24-21(27)16-8-7-9-18(14-16)28-3/h7-11,14-15H,5-6,12-13H2,1-4H3,(H,24,27)(H2,23,25,26). The Morgan fingerprint density at radius 1 is 1.00 bits per heavy atom. The van der Waals surface area contributed by atoms with E-state index in [0.29, 0.717) is 55.0 Å².